The van der Waals surface area contributed by atoms with Crippen LogP contribution in [0.1, 0.15) is 27.5 Å². The molecule has 0 spiro atoms. The number of hydrogen-bond acceptors (Lipinski definition) is 4. The van der Waals surface area contributed by atoms with Gasteiger partial charge < -0.3 is 5.32 Å². The molecule has 0 aliphatic heterocycles. The van der Waals surface area contributed by atoms with E-state index in [1.165, 1.54) is 7.05 Å². The van der Waals surface area contributed by atoms with Crippen LogP contribution in [0.25, 0.3) is 10.8 Å². The van der Waals surface area contributed by atoms with Crippen molar-refractivity contribution in [2.45, 2.75) is 5.92 Å². The van der Waals surface area contributed by atoms with Crippen molar-refractivity contribution in [2.24, 2.45) is 7.05 Å². The van der Waals surface area contributed by atoms with E-state index in [2.05, 4.69) is 16.5 Å². The second-order valence-electron chi connectivity index (χ2n) is 6.99. The molecule has 31 heavy (non-hydrogen) atoms. The smallest absolute Gasteiger partial charge is 0.276 e. The highest BCUT2D eigenvalue weighted by molar-refractivity contribution is 6.32. The number of aromatic nitrogens is 2. The van der Waals surface area contributed by atoms with Gasteiger partial charge in [0.15, 0.2) is 5.69 Å². The van der Waals surface area contributed by atoms with Crippen LogP contribution in [0.3, 0.4) is 0 Å². The second kappa shape index (κ2) is 8.42. The number of nitrogens with one attached hydrogen (secondary N) is 1. The molecule has 0 fully saturated rings. The molecule has 0 aliphatic carbocycles. The van der Waals surface area contributed by atoms with E-state index in [-0.39, 0.29) is 11.3 Å². The number of halogens is 1. The summed E-state index contributed by atoms with van der Waals surface area (Å²) < 4.78 is 1.14. The lowest BCUT2D eigenvalue weighted by Crippen LogP contribution is -2.25. The minimum atomic E-state index is -0.521. The number of carbonyl (C=O) groups excluding carboxylic acids is 1. The summed E-state index contributed by atoms with van der Waals surface area (Å²) in [6.45, 7) is 0. The van der Waals surface area contributed by atoms with Crippen molar-refractivity contribution in [3.05, 3.63) is 105 Å². The number of anilines is 1. The number of carbonyl (C=O) groups is 1. The SMILES string of the molecule is Cn1nc(C(=O)Nc2ccc(C(C#N)c3ccccc3)c(Cl)c2)c2ccccc2c1=O. The third kappa shape index (κ3) is 3.91. The van der Waals surface area contributed by atoms with E-state index in [0.29, 0.717) is 27.0 Å². The fourth-order valence-electron chi connectivity index (χ4n) is 3.47. The molecule has 1 N–H and O–H groups in total. The average Bonchev–Trinajstić information content (AvgIpc) is 2.79. The van der Waals surface area contributed by atoms with Crippen LogP contribution < -0.4 is 10.9 Å². The van der Waals surface area contributed by atoms with Crippen molar-refractivity contribution in [2.75, 3.05) is 5.32 Å². The van der Waals surface area contributed by atoms with Crippen LogP contribution in [-0.4, -0.2) is 15.7 Å². The third-order valence-electron chi connectivity index (χ3n) is 5.00. The van der Waals surface area contributed by atoms with Gasteiger partial charge in [0.1, 0.15) is 0 Å². The molecule has 1 unspecified atom stereocenters. The first kappa shape index (κ1) is 20.3. The Morgan fingerprint density at radius 1 is 1.06 bits per heavy atom. The van der Waals surface area contributed by atoms with Gasteiger partial charge in [0.25, 0.3) is 11.5 Å². The molecule has 4 rings (SSSR count). The van der Waals surface area contributed by atoms with Crippen LogP contribution in [0.2, 0.25) is 5.02 Å². The number of nitriles is 1. The molecular weight excluding hydrogens is 412 g/mol. The Morgan fingerprint density at radius 2 is 1.74 bits per heavy atom. The van der Waals surface area contributed by atoms with Gasteiger partial charge >= 0.3 is 0 Å². The van der Waals surface area contributed by atoms with Crippen LogP contribution in [0.15, 0.2) is 77.6 Å². The van der Waals surface area contributed by atoms with E-state index in [9.17, 15) is 14.9 Å². The topological polar surface area (TPSA) is 87.8 Å². The maximum atomic E-state index is 12.9. The number of hydrogen-bond donors (Lipinski definition) is 1. The van der Waals surface area contributed by atoms with Gasteiger partial charge in [-0.1, -0.05) is 66.2 Å². The van der Waals surface area contributed by atoms with Gasteiger partial charge in [-0.05, 0) is 29.3 Å². The van der Waals surface area contributed by atoms with E-state index < -0.39 is 11.8 Å². The van der Waals surface area contributed by atoms with E-state index in [0.717, 1.165) is 10.2 Å². The predicted octanol–water partition coefficient (Wildman–Crippen LogP) is 4.49. The van der Waals surface area contributed by atoms with Gasteiger partial charge in [-0.3, -0.25) is 9.59 Å². The Hall–Kier alpha value is -3.95. The zero-order valence-corrected chi connectivity index (χ0v) is 17.3. The minimum absolute atomic E-state index is 0.136. The molecule has 6 nitrogen and oxygen atoms in total. The summed E-state index contributed by atoms with van der Waals surface area (Å²) in [5, 5.41) is 17.8. The van der Waals surface area contributed by atoms with Crippen molar-refractivity contribution in [3.8, 4) is 6.07 Å². The molecule has 0 aliphatic rings. The molecule has 3 aromatic carbocycles. The van der Waals surface area contributed by atoms with Gasteiger partial charge in [-0.2, -0.15) is 10.4 Å². The maximum absolute atomic E-state index is 12.9. The molecule has 1 heterocycles. The quantitative estimate of drug-likeness (QED) is 0.518. The number of nitrogens with zero attached hydrogens (tertiary/aromatic N) is 3. The highest BCUT2D eigenvalue weighted by Gasteiger charge is 2.19. The van der Waals surface area contributed by atoms with Crippen LogP contribution >= 0.6 is 11.6 Å². The third-order valence-corrected chi connectivity index (χ3v) is 5.33. The summed E-state index contributed by atoms with van der Waals surface area (Å²) >= 11 is 6.46. The molecule has 152 valence electrons. The second-order valence-corrected chi connectivity index (χ2v) is 7.39. The lowest BCUT2D eigenvalue weighted by atomic mass is 9.92. The normalized spacial score (nSPS) is 11.6. The van der Waals surface area contributed by atoms with Crippen molar-refractivity contribution in [3.63, 3.8) is 0 Å². The Morgan fingerprint density at radius 3 is 2.42 bits per heavy atom. The van der Waals surface area contributed by atoms with Crippen molar-refractivity contribution >= 4 is 34.0 Å². The van der Waals surface area contributed by atoms with Crippen molar-refractivity contribution in [1.29, 1.82) is 5.26 Å². The number of amides is 1. The molecule has 1 atom stereocenters. The van der Waals surface area contributed by atoms with Crippen molar-refractivity contribution < 1.29 is 4.79 Å². The number of benzene rings is 3. The molecule has 4 aromatic rings. The lowest BCUT2D eigenvalue weighted by molar-refractivity contribution is 0.102. The summed E-state index contributed by atoms with van der Waals surface area (Å²) in [6.07, 6.45) is 0. The Balaban J connectivity index is 1.66. The molecule has 7 heteroatoms. The van der Waals surface area contributed by atoms with Crippen LogP contribution in [0.5, 0.6) is 0 Å². The van der Waals surface area contributed by atoms with Gasteiger partial charge in [-0.25, -0.2) is 4.68 Å². The van der Waals surface area contributed by atoms with E-state index in [1.54, 1.807) is 42.5 Å². The molecule has 0 saturated carbocycles. The Bertz CT molecular complexity index is 1390. The number of fused-ring (bicyclic) bond motifs is 1. The van der Waals surface area contributed by atoms with Crippen LogP contribution in [0, 0.1) is 11.3 Å². The standard InChI is InChI=1S/C24H17ClN4O2/c1-29-24(31)19-10-6-5-9-18(19)22(28-29)23(30)27-16-11-12-17(21(25)13-16)20(14-26)15-7-3-2-4-8-15/h2-13,20H,1H3,(H,27,30). The zero-order valence-electron chi connectivity index (χ0n) is 16.5. The molecule has 0 radical (unpaired) electrons. The molecule has 1 amide bonds. The van der Waals surface area contributed by atoms with Gasteiger partial charge in [0.2, 0.25) is 0 Å². The summed E-state index contributed by atoms with van der Waals surface area (Å²) in [5.41, 5.74) is 1.81. The fourth-order valence-corrected chi connectivity index (χ4v) is 3.76. The summed E-state index contributed by atoms with van der Waals surface area (Å²) in [4.78, 5) is 25.2. The molecular formula is C24H17ClN4O2. The molecule has 1 aromatic heterocycles. The lowest BCUT2D eigenvalue weighted by Gasteiger charge is -2.14. The van der Waals surface area contributed by atoms with Crippen molar-refractivity contribution in [1.82, 2.24) is 9.78 Å². The first-order valence-electron chi connectivity index (χ1n) is 9.51. The highest BCUT2D eigenvalue weighted by Crippen LogP contribution is 2.32. The minimum Gasteiger partial charge on any atom is -0.321 e. The maximum Gasteiger partial charge on any atom is 0.276 e. The fraction of sp³-hybridized carbons (Fsp3) is 0.0833. The highest BCUT2D eigenvalue weighted by atomic mass is 35.5. The molecule has 0 saturated heterocycles. The number of rotatable bonds is 4. The molecule has 0 bridgehead atoms. The van der Waals surface area contributed by atoms with Crippen LogP contribution in [0.4, 0.5) is 5.69 Å². The van der Waals surface area contributed by atoms with E-state index in [4.69, 9.17) is 11.6 Å². The van der Waals surface area contributed by atoms with Gasteiger partial charge in [0, 0.05) is 23.1 Å². The van der Waals surface area contributed by atoms with Crippen LogP contribution in [-0.2, 0) is 7.05 Å². The predicted molar refractivity (Wildman–Crippen MR) is 120 cm³/mol. The first-order chi connectivity index (χ1) is 15.0. The number of aryl methyl sites for hydroxylation is 1. The Labute approximate surface area is 183 Å². The first-order valence-corrected chi connectivity index (χ1v) is 9.89. The zero-order chi connectivity index (χ0) is 22.0. The largest absolute Gasteiger partial charge is 0.321 e. The van der Waals surface area contributed by atoms with E-state index in [1.807, 2.05) is 30.3 Å². The van der Waals surface area contributed by atoms with E-state index >= 15 is 0 Å². The summed E-state index contributed by atoms with van der Waals surface area (Å²) in [5.74, 6) is -0.983. The summed E-state index contributed by atoms with van der Waals surface area (Å²) in [6, 6.07) is 23.5. The Kier molecular flexibility index (Phi) is 5.52. The monoisotopic (exact) mass is 428 g/mol. The summed E-state index contributed by atoms with van der Waals surface area (Å²) in [7, 11) is 1.50. The van der Waals surface area contributed by atoms with Gasteiger partial charge in [-0.15, -0.1) is 0 Å². The average molecular weight is 429 g/mol. The van der Waals surface area contributed by atoms with Gasteiger partial charge in [0.05, 0.1) is 17.4 Å².